The first kappa shape index (κ1) is 11.5. The van der Waals surface area contributed by atoms with Crippen LogP contribution >= 0.6 is 0 Å². The van der Waals surface area contributed by atoms with Crippen molar-refractivity contribution in [2.75, 3.05) is 0 Å². The molecule has 0 aliphatic heterocycles. The molecule has 0 saturated heterocycles. The van der Waals surface area contributed by atoms with Crippen molar-refractivity contribution in [1.82, 2.24) is 0 Å². The molecule has 4 saturated carbocycles. The fourth-order valence-corrected chi connectivity index (χ4v) is 5.68. The molecule has 5 rings (SSSR count). The van der Waals surface area contributed by atoms with Crippen LogP contribution in [0.2, 0.25) is 0 Å². The van der Waals surface area contributed by atoms with Gasteiger partial charge in [0.2, 0.25) is 5.91 Å². The molecule has 4 aliphatic rings. The van der Waals surface area contributed by atoms with E-state index in [1.807, 2.05) is 0 Å². The van der Waals surface area contributed by atoms with E-state index in [2.05, 4.69) is 30.3 Å². The lowest BCUT2D eigenvalue weighted by Crippen LogP contribution is -2.58. The SMILES string of the molecule is NC(=O)C12CC3CC(C1)CC(c1ccccc1)(C3)C2. The molecule has 1 aromatic rings. The van der Waals surface area contributed by atoms with Crippen molar-refractivity contribution in [3.63, 3.8) is 0 Å². The number of hydrogen-bond acceptors (Lipinski definition) is 1. The van der Waals surface area contributed by atoms with Crippen LogP contribution in [0.4, 0.5) is 0 Å². The Hall–Kier alpha value is -1.31. The fourth-order valence-electron chi connectivity index (χ4n) is 5.68. The van der Waals surface area contributed by atoms with Crippen molar-refractivity contribution >= 4 is 5.91 Å². The molecule has 4 bridgehead atoms. The van der Waals surface area contributed by atoms with Gasteiger partial charge in [0.05, 0.1) is 5.41 Å². The van der Waals surface area contributed by atoms with Crippen molar-refractivity contribution in [3.05, 3.63) is 35.9 Å². The van der Waals surface area contributed by atoms with Crippen molar-refractivity contribution in [1.29, 1.82) is 0 Å². The first-order valence-corrected chi connectivity index (χ1v) is 7.47. The number of carbonyl (C=O) groups excluding carboxylic acids is 1. The first-order chi connectivity index (χ1) is 9.12. The van der Waals surface area contributed by atoms with Crippen LogP contribution in [-0.2, 0) is 10.2 Å². The molecule has 1 amide bonds. The molecular formula is C17H21NO. The summed E-state index contributed by atoms with van der Waals surface area (Å²) in [7, 11) is 0. The Bertz CT molecular complexity index is 507. The van der Waals surface area contributed by atoms with Gasteiger partial charge in [0, 0.05) is 0 Å². The van der Waals surface area contributed by atoms with Gasteiger partial charge in [0.25, 0.3) is 0 Å². The Morgan fingerprint density at radius 1 is 1.05 bits per heavy atom. The third-order valence-electron chi connectivity index (χ3n) is 5.97. The zero-order valence-corrected chi connectivity index (χ0v) is 11.3. The number of rotatable bonds is 2. The molecule has 19 heavy (non-hydrogen) atoms. The van der Waals surface area contributed by atoms with Crippen LogP contribution in [0.3, 0.4) is 0 Å². The molecule has 0 spiro atoms. The molecule has 2 atom stereocenters. The maximum atomic E-state index is 12.0. The van der Waals surface area contributed by atoms with E-state index in [9.17, 15) is 4.79 Å². The smallest absolute Gasteiger partial charge is 0.223 e. The van der Waals surface area contributed by atoms with Gasteiger partial charge in [-0.25, -0.2) is 0 Å². The van der Waals surface area contributed by atoms with Crippen molar-refractivity contribution in [3.8, 4) is 0 Å². The lowest BCUT2D eigenvalue weighted by molar-refractivity contribution is -0.145. The summed E-state index contributed by atoms with van der Waals surface area (Å²) in [5.41, 5.74) is 7.27. The summed E-state index contributed by atoms with van der Waals surface area (Å²) in [4.78, 5) is 12.0. The molecule has 4 aliphatic carbocycles. The molecule has 2 heteroatoms. The predicted octanol–water partition coefficient (Wildman–Crippen LogP) is 3.01. The Labute approximate surface area is 114 Å². The minimum Gasteiger partial charge on any atom is -0.369 e. The molecule has 0 aromatic heterocycles. The van der Waals surface area contributed by atoms with Crippen molar-refractivity contribution in [2.24, 2.45) is 23.0 Å². The molecule has 2 unspecified atom stereocenters. The maximum Gasteiger partial charge on any atom is 0.223 e. The second-order valence-corrected chi connectivity index (χ2v) is 7.25. The zero-order valence-electron chi connectivity index (χ0n) is 11.3. The summed E-state index contributed by atoms with van der Waals surface area (Å²) >= 11 is 0. The van der Waals surface area contributed by atoms with Gasteiger partial charge in [-0.15, -0.1) is 0 Å². The number of benzene rings is 1. The predicted molar refractivity (Wildman–Crippen MR) is 74.4 cm³/mol. The van der Waals surface area contributed by atoms with Crippen molar-refractivity contribution in [2.45, 2.75) is 43.9 Å². The van der Waals surface area contributed by atoms with Gasteiger partial charge in [0.1, 0.15) is 0 Å². The van der Waals surface area contributed by atoms with Crippen LogP contribution in [0, 0.1) is 17.3 Å². The third kappa shape index (κ3) is 1.52. The normalized spacial score (nSPS) is 43.4. The molecule has 0 radical (unpaired) electrons. The van der Waals surface area contributed by atoms with E-state index >= 15 is 0 Å². The number of nitrogens with two attached hydrogens (primary N) is 1. The van der Waals surface area contributed by atoms with E-state index in [1.54, 1.807) is 0 Å². The summed E-state index contributed by atoms with van der Waals surface area (Å²) < 4.78 is 0. The molecule has 100 valence electrons. The second-order valence-electron chi connectivity index (χ2n) is 7.25. The number of carbonyl (C=O) groups is 1. The summed E-state index contributed by atoms with van der Waals surface area (Å²) in [5, 5.41) is 0. The summed E-state index contributed by atoms with van der Waals surface area (Å²) in [6.45, 7) is 0. The molecule has 1 aromatic carbocycles. The van der Waals surface area contributed by atoms with Crippen LogP contribution in [0.1, 0.15) is 44.1 Å². The van der Waals surface area contributed by atoms with Gasteiger partial charge < -0.3 is 5.73 Å². The number of amides is 1. The van der Waals surface area contributed by atoms with Gasteiger partial charge in [0.15, 0.2) is 0 Å². The zero-order chi connectivity index (χ0) is 13.1. The minimum absolute atomic E-state index is 0.0399. The van der Waals surface area contributed by atoms with Crippen LogP contribution in [0.5, 0.6) is 0 Å². The molecule has 4 fully saturated rings. The van der Waals surface area contributed by atoms with Gasteiger partial charge >= 0.3 is 0 Å². The third-order valence-corrected chi connectivity index (χ3v) is 5.97. The van der Waals surface area contributed by atoms with E-state index in [4.69, 9.17) is 5.73 Å². The van der Waals surface area contributed by atoms with E-state index < -0.39 is 0 Å². The summed E-state index contributed by atoms with van der Waals surface area (Å²) in [6, 6.07) is 10.8. The lowest BCUT2D eigenvalue weighted by Gasteiger charge is -2.61. The largest absolute Gasteiger partial charge is 0.369 e. The fraction of sp³-hybridized carbons (Fsp3) is 0.588. The average Bonchev–Trinajstić information content (AvgIpc) is 2.38. The molecular weight excluding hydrogens is 234 g/mol. The minimum atomic E-state index is -0.195. The van der Waals surface area contributed by atoms with Crippen LogP contribution in [0.25, 0.3) is 0 Å². The van der Waals surface area contributed by atoms with Crippen molar-refractivity contribution < 1.29 is 4.79 Å². The van der Waals surface area contributed by atoms with Gasteiger partial charge in [-0.05, 0) is 61.3 Å². The Morgan fingerprint density at radius 3 is 2.26 bits per heavy atom. The van der Waals surface area contributed by atoms with E-state index in [1.165, 1.54) is 24.8 Å². The Kier molecular flexibility index (Phi) is 2.19. The quantitative estimate of drug-likeness (QED) is 0.867. The summed E-state index contributed by atoms with van der Waals surface area (Å²) in [5.74, 6) is 1.39. The van der Waals surface area contributed by atoms with E-state index in [-0.39, 0.29) is 16.7 Å². The standard InChI is InChI=1S/C17H21NO/c18-15(19)17-9-12-6-13(10-17)8-16(7-12,11-17)14-4-2-1-3-5-14/h1-5,12-13H,6-11H2,(H2,18,19). The van der Waals surface area contributed by atoms with Crippen LogP contribution in [0.15, 0.2) is 30.3 Å². The highest BCUT2D eigenvalue weighted by atomic mass is 16.1. The van der Waals surface area contributed by atoms with Crippen LogP contribution < -0.4 is 5.73 Å². The highest BCUT2D eigenvalue weighted by molar-refractivity contribution is 5.81. The first-order valence-electron chi connectivity index (χ1n) is 7.47. The highest BCUT2D eigenvalue weighted by Crippen LogP contribution is 2.65. The monoisotopic (exact) mass is 255 g/mol. The van der Waals surface area contributed by atoms with E-state index in [0.29, 0.717) is 11.8 Å². The second kappa shape index (κ2) is 3.62. The molecule has 2 nitrogen and oxygen atoms in total. The van der Waals surface area contributed by atoms with Gasteiger partial charge in [-0.2, -0.15) is 0 Å². The topological polar surface area (TPSA) is 43.1 Å². The molecule has 0 heterocycles. The average molecular weight is 255 g/mol. The Morgan fingerprint density at radius 2 is 1.68 bits per heavy atom. The molecule has 2 N–H and O–H groups in total. The van der Waals surface area contributed by atoms with Gasteiger partial charge in [-0.1, -0.05) is 30.3 Å². The van der Waals surface area contributed by atoms with Crippen LogP contribution in [-0.4, -0.2) is 5.91 Å². The number of primary amides is 1. The number of hydrogen-bond donors (Lipinski definition) is 1. The maximum absolute atomic E-state index is 12.0. The summed E-state index contributed by atoms with van der Waals surface area (Å²) in [6.07, 6.45) is 6.95. The van der Waals surface area contributed by atoms with E-state index in [0.717, 1.165) is 19.3 Å². The lowest BCUT2D eigenvalue weighted by atomic mass is 9.43. The Balaban J connectivity index is 1.80. The van der Waals surface area contributed by atoms with Gasteiger partial charge in [-0.3, -0.25) is 4.79 Å². The highest BCUT2D eigenvalue weighted by Gasteiger charge is 2.60.